The molecule has 0 radical (unpaired) electrons. The first-order chi connectivity index (χ1) is 9.25. The number of fused-ring (bicyclic) bond motifs is 1. The van der Waals surface area contributed by atoms with Gasteiger partial charge in [0.2, 0.25) is 0 Å². The fourth-order valence-electron chi connectivity index (χ4n) is 2.46. The summed E-state index contributed by atoms with van der Waals surface area (Å²) in [4.78, 5) is 11.3. The lowest BCUT2D eigenvalue weighted by Gasteiger charge is -2.23. The van der Waals surface area contributed by atoms with Crippen LogP contribution in [0.4, 0.5) is 0 Å². The highest BCUT2D eigenvalue weighted by Crippen LogP contribution is 2.36. The van der Waals surface area contributed by atoms with Crippen molar-refractivity contribution in [3.05, 3.63) is 54.1 Å². The van der Waals surface area contributed by atoms with Crippen molar-refractivity contribution in [2.24, 2.45) is 0 Å². The van der Waals surface area contributed by atoms with Crippen LogP contribution in [0.5, 0.6) is 5.75 Å². The Morgan fingerprint density at radius 3 is 2.63 bits per heavy atom. The van der Waals surface area contributed by atoms with Gasteiger partial charge in [0.05, 0.1) is 12.5 Å². The summed E-state index contributed by atoms with van der Waals surface area (Å²) in [5.74, 6) is -0.555. The van der Waals surface area contributed by atoms with Crippen LogP contribution >= 0.6 is 0 Å². The molecular weight excluding hydrogens is 240 g/mol. The Labute approximate surface area is 111 Å². The van der Waals surface area contributed by atoms with E-state index in [0.717, 1.165) is 16.7 Å². The number of carbonyl (C=O) groups is 1. The molecule has 1 aliphatic heterocycles. The van der Waals surface area contributed by atoms with Crippen LogP contribution in [0.3, 0.4) is 0 Å². The number of hydrogen-bond acceptors (Lipinski definition) is 2. The largest absolute Gasteiger partial charge is 0.493 e. The topological polar surface area (TPSA) is 46.5 Å². The van der Waals surface area contributed by atoms with E-state index < -0.39 is 11.9 Å². The van der Waals surface area contributed by atoms with E-state index in [0.29, 0.717) is 18.8 Å². The summed E-state index contributed by atoms with van der Waals surface area (Å²) in [6, 6.07) is 15.7. The molecule has 0 saturated carbocycles. The molecule has 0 aliphatic carbocycles. The van der Waals surface area contributed by atoms with Crippen molar-refractivity contribution >= 4 is 5.97 Å². The molecular formula is C16H14O3. The molecule has 1 atom stereocenters. The smallest absolute Gasteiger partial charge is 0.311 e. The zero-order valence-electron chi connectivity index (χ0n) is 10.4. The lowest BCUT2D eigenvalue weighted by Crippen LogP contribution is -2.20. The van der Waals surface area contributed by atoms with E-state index in [9.17, 15) is 9.90 Å². The van der Waals surface area contributed by atoms with E-state index in [-0.39, 0.29) is 0 Å². The summed E-state index contributed by atoms with van der Waals surface area (Å²) >= 11 is 0. The maximum absolute atomic E-state index is 11.3. The van der Waals surface area contributed by atoms with Gasteiger partial charge in [0.15, 0.2) is 0 Å². The summed E-state index contributed by atoms with van der Waals surface area (Å²) in [7, 11) is 0. The van der Waals surface area contributed by atoms with Gasteiger partial charge >= 0.3 is 5.97 Å². The quantitative estimate of drug-likeness (QED) is 0.894. The Bertz CT molecular complexity index is 605. The molecule has 0 spiro atoms. The molecule has 2 aromatic rings. The number of hydrogen-bond donors (Lipinski definition) is 1. The van der Waals surface area contributed by atoms with Crippen molar-refractivity contribution in [3.8, 4) is 16.9 Å². The number of aliphatic carboxylic acids is 1. The molecule has 0 bridgehead atoms. The zero-order chi connectivity index (χ0) is 13.2. The van der Waals surface area contributed by atoms with E-state index in [4.69, 9.17) is 4.74 Å². The third-order valence-electron chi connectivity index (χ3n) is 3.45. The predicted octanol–water partition coefficient (Wildman–Crippen LogP) is 3.30. The lowest BCUT2D eigenvalue weighted by atomic mass is 9.90. The first-order valence-electron chi connectivity index (χ1n) is 6.30. The number of carboxylic acids is 1. The molecule has 2 aromatic carbocycles. The highest BCUT2D eigenvalue weighted by molar-refractivity contribution is 5.79. The standard InChI is InChI=1S/C16H14O3/c17-16(18)13-8-9-19-15-7-6-12(10-14(13)15)11-4-2-1-3-5-11/h1-7,10,13H,8-9H2,(H,17,18). The van der Waals surface area contributed by atoms with Crippen LogP contribution < -0.4 is 4.74 Å². The van der Waals surface area contributed by atoms with Gasteiger partial charge in [0.1, 0.15) is 5.75 Å². The minimum Gasteiger partial charge on any atom is -0.493 e. The van der Waals surface area contributed by atoms with E-state index in [1.807, 2.05) is 48.5 Å². The minimum absolute atomic E-state index is 0.465. The second kappa shape index (κ2) is 4.76. The van der Waals surface area contributed by atoms with Crippen molar-refractivity contribution in [1.82, 2.24) is 0 Å². The summed E-state index contributed by atoms with van der Waals surface area (Å²) in [5.41, 5.74) is 2.89. The van der Waals surface area contributed by atoms with Gasteiger partial charge in [-0.1, -0.05) is 36.4 Å². The summed E-state index contributed by atoms with van der Waals surface area (Å²) < 4.78 is 5.53. The van der Waals surface area contributed by atoms with Gasteiger partial charge < -0.3 is 9.84 Å². The van der Waals surface area contributed by atoms with Crippen LogP contribution in [-0.4, -0.2) is 17.7 Å². The molecule has 1 N–H and O–H groups in total. The number of ether oxygens (including phenoxy) is 1. The van der Waals surface area contributed by atoms with Crippen molar-refractivity contribution in [3.63, 3.8) is 0 Å². The van der Waals surface area contributed by atoms with Crippen LogP contribution in [0, 0.1) is 0 Å². The zero-order valence-corrected chi connectivity index (χ0v) is 10.4. The summed E-state index contributed by atoms with van der Waals surface area (Å²) in [6.07, 6.45) is 0.528. The maximum Gasteiger partial charge on any atom is 0.311 e. The molecule has 1 unspecified atom stereocenters. The van der Waals surface area contributed by atoms with Crippen molar-refractivity contribution in [2.45, 2.75) is 12.3 Å². The fraction of sp³-hybridized carbons (Fsp3) is 0.188. The van der Waals surface area contributed by atoms with Gasteiger partial charge in [0, 0.05) is 5.56 Å². The third kappa shape index (κ3) is 2.19. The second-order valence-electron chi connectivity index (χ2n) is 4.65. The van der Waals surface area contributed by atoms with Gasteiger partial charge in [-0.15, -0.1) is 0 Å². The van der Waals surface area contributed by atoms with Crippen LogP contribution in [-0.2, 0) is 4.79 Å². The molecule has 3 rings (SSSR count). The molecule has 1 aliphatic rings. The van der Waals surface area contributed by atoms with Gasteiger partial charge in [0.25, 0.3) is 0 Å². The van der Waals surface area contributed by atoms with Crippen molar-refractivity contribution in [2.75, 3.05) is 6.61 Å². The van der Waals surface area contributed by atoms with Crippen LogP contribution in [0.2, 0.25) is 0 Å². The minimum atomic E-state index is -0.783. The Morgan fingerprint density at radius 2 is 1.89 bits per heavy atom. The third-order valence-corrected chi connectivity index (χ3v) is 3.45. The summed E-state index contributed by atoms with van der Waals surface area (Å²) in [5, 5.41) is 9.29. The van der Waals surface area contributed by atoms with Crippen molar-refractivity contribution < 1.29 is 14.6 Å². The molecule has 96 valence electrons. The average molecular weight is 254 g/mol. The molecule has 0 saturated heterocycles. The number of benzene rings is 2. The molecule has 3 nitrogen and oxygen atoms in total. The van der Waals surface area contributed by atoms with Gasteiger partial charge in [-0.25, -0.2) is 0 Å². The normalized spacial score (nSPS) is 17.4. The Morgan fingerprint density at radius 1 is 1.11 bits per heavy atom. The van der Waals surface area contributed by atoms with E-state index in [1.54, 1.807) is 0 Å². The first kappa shape index (κ1) is 11.8. The van der Waals surface area contributed by atoms with Gasteiger partial charge in [-0.2, -0.15) is 0 Å². The molecule has 0 amide bonds. The predicted molar refractivity (Wildman–Crippen MR) is 72.4 cm³/mol. The van der Waals surface area contributed by atoms with Crippen LogP contribution in [0.25, 0.3) is 11.1 Å². The van der Waals surface area contributed by atoms with E-state index in [1.165, 1.54) is 0 Å². The van der Waals surface area contributed by atoms with Gasteiger partial charge in [-0.3, -0.25) is 4.79 Å². The van der Waals surface area contributed by atoms with Crippen molar-refractivity contribution in [1.29, 1.82) is 0 Å². The number of rotatable bonds is 2. The van der Waals surface area contributed by atoms with Crippen LogP contribution in [0.1, 0.15) is 17.9 Å². The average Bonchev–Trinajstić information content (AvgIpc) is 2.47. The Balaban J connectivity index is 2.07. The first-order valence-corrected chi connectivity index (χ1v) is 6.30. The molecule has 1 heterocycles. The molecule has 0 aromatic heterocycles. The van der Waals surface area contributed by atoms with Crippen LogP contribution in [0.15, 0.2) is 48.5 Å². The molecule has 0 fully saturated rings. The summed E-state index contributed by atoms with van der Waals surface area (Å²) in [6.45, 7) is 0.467. The molecule has 19 heavy (non-hydrogen) atoms. The number of carboxylic acid groups (broad SMARTS) is 1. The lowest BCUT2D eigenvalue weighted by molar-refractivity contribution is -0.139. The Hall–Kier alpha value is -2.29. The second-order valence-corrected chi connectivity index (χ2v) is 4.65. The SMILES string of the molecule is O=C(O)C1CCOc2ccc(-c3ccccc3)cc21. The van der Waals surface area contributed by atoms with E-state index >= 15 is 0 Å². The Kier molecular flexibility index (Phi) is 2.95. The fourth-order valence-corrected chi connectivity index (χ4v) is 2.46. The highest BCUT2D eigenvalue weighted by Gasteiger charge is 2.27. The monoisotopic (exact) mass is 254 g/mol. The van der Waals surface area contributed by atoms with Gasteiger partial charge in [-0.05, 0) is 29.7 Å². The van der Waals surface area contributed by atoms with E-state index in [2.05, 4.69) is 0 Å². The maximum atomic E-state index is 11.3. The highest BCUT2D eigenvalue weighted by atomic mass is 16.5. The molecule has 3 heteroatoms.